The molecule has 2 aromatic rings. The predicted octanol–water partition coefficient (Wildman–Crippen LogP) is 1.89. The van der Waals surface area contributed by atoms with Gasteiger partial charge in [-0.15, -0.1) is 0 Å². The lowest BCUT2D eigenvalue weighted by molar-refractivity contribution is -0.137. The first-order chi connectivity index (χ1) is 15.5. The Balaban J connectivity index is 1.19. The summed E-state index contributed by atoms with van der Waals surface area (Å²) in [5.74, 6) is -0.105. The van der Waals surface area contributed by atoms with Gasteiger partial charge in [-0.25, -0.2) is 4.39 Å². The minimum atomic E-state index is -0.456. The Kier molecular flexibility index (Phi) is 5.16. The highest BCUT2D eigenvalue weighted by molar-refractivity contribution is 6.00. The molecule has 1 unspecified atom stereocenters. The minimum absolute atomic E-state index is 0.0838. The van der Waals surface area contributed by atoms with E-state index in [0.717, 1.165) is 0 Å². The summed E-state index contributed by atoms with van der Waals surface area (Å²) >= 11 is 0. The molecule has 2 saturated heterocycles. The van der Waals surface area contributed by atoms with Crippen LogP contribution in [0.2, 0.25) is 0 Å². The molecule has 8 nitrogen and oxygen atoms in total. The van der Waals surface area contributed by atoms with Gasteiger partial charge in [-0.2, -0.15) is 0 Å². The van der Waals surface area contributed by atoms with Gasteiger partial charge in [0.1, 0.15) is 5.82 Å². The van der Waals surface area contributed by atoms with E-state index in [4.69, 9.17) is 9.47 Å². The van der Waals surface area contributed by atoms with Crippen LogP contribution in [-0.4, -0.2) is 67.0 Å². The third-order valence-corrected chi connectivity index (χ3v) is 6.09. The predicted molar refractivity (Wildman–Crippen MR) is 112 cm³/mol. The summed E-state index contributed by atoms with van der Waals surface area (Å²) in [6.45, 7) is 1.96. The first kappa shape index (κ1) is 20.3. The molecule has 3 aliphatic heterocycles. The molecular weight excluding hydrogens is 417 g/mol. The van der Waals surface area contributed by atoms with Crippen LogP contribution in [0, 0.1) is 11.7 Å². The Bertz CT molecular complexity index is 1080. The lowest BCUT2D eigenvalue weighted by Crippen LogP contribution is -2.52. The van der Waals surface area contributed by atoms with Crippen molar-refractivity contribution in [1.82, 2.24) is 9.80 Å². The molecule has 0 spiro atoms. The Labute approximate surface area is 184 Å². The van der Waals surface area contributed by atoms with Crippen LogP contribution >= 0.6 is 0 Å². The van der Waals surface area contributed by atoms with Crippen LogP contribution in [0.3, 0.4) is 0 Å². The summed E-state index contributed by atoms with van der Waals surface area (Å²) in [6, 6.07) is 10.9. The smallest absolute Gasteiger partial charge is 0.254 e. The fraction of sp³-hybridized carbons (Fsp3) is 0.348. The van der Waals surface area contributed by atoms with Gasteiger partial charge >= 0.3 is 0 Å². The maximum Gasteiger partial charge on any atom is 0.254 e. The average molecular weight is 439 g/mol. The zero-order valence-electron chi connectivity index (χ0n) is 17.3. The lowest BCUT2D eigenvalue weighted by Gasteiger charge is -2.36. The number of ether oxygens (including phenoxy) is 2. The van der Waals surface area contributed by atoms with Crippen molar-refractivity contribution in [2.24, 2.45) is 5.92 Å². The fourth-order valence-electron chi connectivity index (χ4n) is 4.37. The van der Waals surface area contributed by atoms with Crippen LogP contribution in [0.4, 0.5) is 10.1 Å². The standard InChI is InChI=1S/C23H22FN3O5/c24-17-3-1-2-15(10-17)22(29)25-6-8-26(9-7-25)23(30)16-11-21(28)27(13-16)18-4-5-19-20(12-18)32-14-31-19/h1-5,10,12,16H,6-9,11,13-14H2. The summed E-state index contributed by atoms with van der Waals surface area (Å²) in [5.41, 5.74) is 0.977. The number of anilines is 1. The van der Waals surface area contributed by atoms with E-state index in [1.807, 2.05) is 0 Å². The van der Waals surface area contributed by atoms with E-state index < -0.39 is 11.7 Å². The van der Waals surface area contributed by atoms with Crippen LogP contribution in [-0.2, 0) is 9.59 Å². The largest absolute Gasteiger partial charge is 0.454 e. The highest BCUT2D eigenvalue weighted by Gasteiger charge is 2.38. The zero-order valence-corrected chi connectivity index (χ0v) is 17.3. The normalized spacial score (nSPS) is 20.1. The zero-order chi connectivity index (χ0) is 22.2. The monoisotopic (exact) mass is 439 g/mol. The SMILES string of the molecule is O=C(c1cccc(F)c1)N1CCN(C(=O)C2CC(=O)N(c3ccc4c(c3)OCO4)C2)CC1. The number of piperazine rings is 1. The molecule has 0 radical (unpaired) electrons. The van der Waals surface area contributed by atoms with Crippen LogP contribution in [0.1, 0.15) is 16.8 Å². The van der Waals surface area contributed by atoms with Crippen molar-refractivity contribution in [3.63, 3.8) is 0 Å². The van der Waals surface area contributed by atoms with E-state index >= 15 is 0 Å². The molecule has 1 atom stereocenters. The second kappa shape index (κ2) is 8.14. The average Bonchev–Trinajstić information content (AvgIpc) is 3.44. The van der Waals surface area contributed by atoms with E-state index in [9.17, 15) is 18.8 Å². The Morgan fingerprint density at radius 1 is 0.938 bits per heavy atom. The van der Waals surface area contributed by atoms with E-state index in [2.05, 4.69) is 0 Å². The summed E-state index contributed by atoms with van der Waals surface area (Å²) in [5, 5.41) is 0. The van der Waals surface area contributed by atoms with E-state index in [1.54, 1.807) is 39.0 Å². The summed E-state index contributed by atoms with van der Waals surface area (Å²) in [7, 11) is 0. The van der Waals surface area contributed by atoms with Crippen LogP contribution < -0.4 is 14.4 Å². The van der Waals surface area contributed by atoms with Crippen molar-refractivity contribution in [3.05, 3.63) is 53.8 Å². The number of amides is 3. The van der Waals surface area contributed by atoms with Gasteiger partial charge in [-0.1, -0.05) is 6.07 Å². The highest BCUT2D eigenvalue weighted by Crippen LogP contribution is 2.37. The number of benzene rings is 2. The highest BCUT2D eigenvalue weighted by atomic mass is 19.1. The van der Waals surface area contributed by atoms with Gasteiger partial charge in [-0.3, -0.25) is 14.4 Å². The van der Waals surface area contributed by atoms with Crippen molar-refractivity contribution in [2.45, 2.75) is 6.42 Å². The lowest BCUT2D eigenvalue weighted by atomic mass is 10.1. The van der Waals surface area contributed by atoms with E-state index in [1.165, 1.54) is 18.2 Å². The van der Waals surface area contributed by atoms with Gasteiger partial charge < -0.3 is 24.2 Å². The van der Waals surface area contributed by atoms with Gasteiger partial charge in [0.2, 0.25) is 18.6 Å². The number of halogens is 1. The molecule has 9 heteroatoms. The molecule has 3 aliphatic rings. The molecule has 3 heterocycles. The Morgan fingerprint density at radius 3 is 2.47 bits per heavy atom. The maximum absolute atomic E-state index is 13.4. The van der Waals surface area contributed by atoms with Crippen molar-refractivity contribution in [3.8, 4) is 11.5 Å². The quantitative estimate of drug-likeness (QED) is 0.730. The second-order valence-corrected chi connectivity index (χ2v) is 8.07. The molecule has 3 amide bonds. The van der Waals surface area contributed by atoms with E-state index in [-0.39, 0.29) is 30.9 Å². The number of carbonyl (C=O) groups excluding carboxylic acids is 3. The van der Waals surface area contributed by atoms with Gasteiger partial charge in [0, 0.05) is 56.5 Å². The summed E-state index contributed by atoms with van der Waals surface area (Å²) in [6.07, 6.45) is 0.149. The Hall–Kier alpha value is -3.62. The molecule has 0 N–H and O–H groups in total. The number of fused-ring (bicyclic) bond motifs is 1. The second-order valence-electron chi connectivity index (χ2n) is 8.07. The molecule has 0 saturated carbocycles. The molecule has 0 bridgehead atoms. The Morgan fingerprint density at radius 2 is 1.69 bits per heavy atom. The first-order valence-corrected chi connectivity index (χ1v) is 10.5. The number of hydrogen-bond acceptors (Lipinski definition) is 5. The number of rotatable bonds is 3. The van der Waals surface area contributed by atoms with Gasteiger partial charge in [-0.05, 0) is 30.3 Å². The third-order valence-electron chi connectivity index (χ3n) is 6.09. The van der Waals surface area contributed by atoms with Crippen molar-refractivity contribution in [2.75, 3.05) is 44.4 Å². The van der Waals surface area contributed by atoms with Crippen LogP contribution in [0.25, 0.3) is 0 Å². The number of nitrogens with zero attached hydrogens (tertiary/aromatic N) is 3. The molecule has 0 aliphatic carbocycles. The number of carbonyl (C=O) groups is 3. The van der Waals surface area contributed by atoms with Crippen molar-refractivity contribution >= 4 is 23.4 Å². The topological polar surface area (TPSA) is 79.4 Å². The molecule has 2 aromatic carbocycles. The molecule has 0 aromatic heterocycles. The fourth-order valence-corrected chi connectivity index (χ4v) is 4.37. The van der Waals surface area contributed by atoms with Crippen molar-refractivity contribution < 1.29 is 28.2 Å². The van der Waals surface area contributed by atoms with E-state index in [0.29, 0.717) is 55.5 Å². The minimum Gasteiger partial charge on any atom is -0.454 e. The molecule has 32 heavy (non-hydrogen) atoms. The van der Waals surface area contributed by atoms with Gasteiger partial charge in [0.25, 0.3) is 5.91 Å². The van der Waals surface area contributed by atoms with Crippen molar-refractivity contribution in [1.29, 1.82) is 0 Å². The number of hydrogen-bond donors (Lipinski definition) is 0. The first-order valence-electron chi connectivity index (χ1n) is 10.5. The van der Waals surface area contributed by atoms with Crippen LogP contribution in [0.5, 0.6) is 11.5 Å². The summed E-state index contributed by atoms with van der Waals surface area (Å²) in [4.78, 5) is 43.2. The van der Waals surface area contributed by atoms with Gasteiger partial charge in [0.15, 0.2) is 11.5 Å². The van der Waals surface area contributed by atoms with Crippen LogP contribution in [0.15, 0.2) is 42.5 Å². The van der Waals surface area contributed by atoms with Gasteiger partial charge in [0.05, 0.1) is 5.92 Å². The third kappa shape index (κ3) is 3.74. The molecule has 166 valence electrons. The maximum atomic E-state index is 13.4. The molecule has 5 rings (SSSR count). The molecular formula is C23H22FN3O5. The molecule has 2 fully saturated rings. The summed E-state index contributed by atoms with van der Waals surface area (Å²) < 4.78 is 24.1.